The number of carbonyl (C=O) groups excluding carboxylic acids is 2. The SMILES string of the molecule is CCc1cccc(N2CCN(C(=O)OC(C)(C)C)CC2)c1OCC(C)=O. The van der Waals surface area contributed by atoms with Crippen LogP contribution in [0, 0.1) is 0 Å². The molecule has 1 aliphatic heterocycles. The van der Waals surface area contributed by atoms with Crippen molar-refractivity contribution in [2.75, 3.05) is 37.7 Å². The van der Waals surface area contributed by atoms with Crippen molar-refractivity contribution in [2.45, 2.75) is 46.6 Å². The number of rotatable bonds is 5. The van der Waals surface area contributed by atoms with Crippen LogP contribution in [-0.2, 0) is 16.0 Å². The third-order valence-corrected chi connectivity index (χ3v) is 4.15. The zero-order valence-electron chi connectivity index (χ0n) is 16.5. The number of hydrogen-bond acceptors (Lipinski definition) is 5. The first kappa shape index (κ1) is 20.1. The van der Waals surface area contributed by atoms with Gasteiger partial charge in [0.15, 0.2) is 5.78 Å². The molecule has 0 saturated carbocycles. The summed E-state index contributed by atoms with van der Waals surface area (Å²) in [5.74, 6) is 0.771. The molecule has 26 heavy (non-hydrogen) atoms. The Labute approximate surface area is 156 Å². The van der Waals surface area contributed by atoms with Crippen LogP contribution in [0.25, 0.3) is 0 Å². The molecule has 1 aromatic carbocycles. The minimum atomic E-state index is -0.489. The smallest absolute Gasteiger partial charge is 0.410 e. The number of Topliss-reactive ketones (excluding diaryl/α,β-unsaturated/α-hetero) is 1. The third kappa shape index (κ3) is 5.38. The van der Waals surface area contributed by atoms with E-state index in [2.05, 4.69) is 11.8 Å². The molecular weight excluding hydrogens is 332 g/mol. The monoisotopic (exact) mass is 362 g/mol. The number of para-hydroxylation sites is 1. The maximum Gasteiger partial charge on any atom is 0.410 e. The van der Waals surface area contributed by atoms with Gasteiger partial charge in [0.05, 0.1) is 5.69 Å². The van der Waals surface area contributed by atoms with Crippen LogP contribution >= 0.6 is 0 Å². The van der Waals surface area contributed by atoms with Gasteiger partial charge in [-0.25, -0.2) is 4.79 Å². The van der Waals surface area contributed by atoms with E-state index >= 15 is 0 Å². The number of hydrogen-bond donors (Lipinski definition) is 0. The number of amides is 1. The molecular formula is C20H30N2O4. The topological polar surface area (TPSA) is 59.1 Å². The van der Waals surface area contributed by atoms with E-state index in [1.54, 1.807) is 4.90 Å². The highest BCUT2D eigenvalue weighted by Crippen LogP contribution is 2.33. The molecule has 0 radical (unpaired) electrons. The predicted octanol–water partition coefficient (Wildman–Crippen LogP) is 3.27. The van der Waals surface area contributed by atoms with Crippen LogP contribution in [0.15, 0.2) is 18.2 Å². The number of benzene rings is 1. The molecule has 0 aromatic heterocycles. The second-order valence-electron chi connectivity index (χ2n) is 7.56. The first-order valence-corrected chi connectivity index (χ1v) is 9.18. The minimum Gasteiger partial charge on any atom is -0.483 e. The predicted molar refractivity (Wildman–Crippen MR) is 102 cm³/mol. The molecule has 2 rings (SSSR count). The molecule has 6 nitrogen and oxygen atoms in total. The summed E-state index contributed by atoms with van der Waals surface area (Å²) in [6.07, 6.45) is 0.561. The lowest BCUT2D eigenvalue weighted by Gasteiger charge is -2.37. The van der Waals surface area contributed by atoms with Gasteiger partial charge in [-0.05, 0) is 45.7 Å². The van der Waals surface area contributed by atoms with Gasteiger partial charge in [0, 0.05) is 26.2 Å². The van der Waals surface area contributed by atoms with Crippen LogP contribution in [0.5, 0.6) is 5.75 Å². The Balaban J connectivity index is 2.09. The van der Waals surface area contributed by atoms with Gasteiger partial charge in [0.2, 0.25) is 0 Å². The standard InChI is InChI=1S/C20H30N2O4/c1-6-16-8-7-9-17(18(16)25-14-15(2)23)21-10-12-22(13-11-21)19(24)26-20(3,4)5/h7-9H,6,10-14H2,1-5H3. The van der Waals surface area contributed by atoms with Crippen LogP contribution in [0.2, 0.25) is 0 Å². The molecule has 0 unspecified atom stereocenters. The summed E-state index contributed by atoms with van der Waals surface area (Å²) in [6.45, 7) is 11.9. The number of anilines is 1. The average Bonchev–Trinajstić information content (AvgIpc) is 2.58. The van der Waals surface area contributed by atoms with Crippen LogP contribution < -0.4 is 9.64 Å². The van der Waals surface area contributed by atoms with Crippen molar-refractivity contribution < 1.29 is 19.1 Å². The van der Waals surface area contributed by atoms with E-state index in [1.807, 2.05) is 39.0 Å². The molecule has 1 heterocycles. The molecule has 1 aromatic rings. The molecule has 1 saturated heterocycles. The molecule has 1 aliphatic rings. The highest BCUT2D eigenvalue weighted by molar-refractivity contribution is 5.77. The van der Waals surface area contributed by atoms with Gasteiger partial charge in [-0.15, -0.1) is 0 Å². The number of nitrogens with zero attached hydrogens (tertiary/aromatic N) is 2. The van der Waals surface area contributed by atoms with E-state index in [4.69, 9.17) is 9.47 Å². The summed E-state index contributed by atoms with van der Waals surface area (Å²) in [5.41, 5.74) is 1.57. The third-order valence-electron chi connectivity index (χ3n) is 4.15. The van der Waals surface area contributed by atoms with Crippen LogP contribution in [-0.4, -0.2) is 55.2 Å². The second-order valence-corrected chi connectivity index (χ2v) is 7.56. The Bertz CT molecular complexity index is 644. The average molecular weight is 362 g/mol. The van der Waals surface area contributed by atoms with Crippen molar-refractivity contribution in [3.63, 3.8) is 0 Å². The lowest BCUT2D eigenvalue weighted by atomic mass is 10.1. The normalized spacial score (nSPS) is 15.0. The van der Waals surface area contributed by atoms with E-state index in [0.29, 0.717) is 26.2 Å². The minimum absolute atomic E-state index is 0.00315. The van der Waals surface area contributed by atoms with Crippen molar-refractivity contribution in [3.8, 4) is 5.75 Å². The van der Waals surface area contributed by atoms with Gasteiger partial charge < -0.3 is 19.3 Å². The van der Waals surface area contributed by atoms with E-state index in [9.17, 15) is 9.59 Å². The second kappa shape index (κ2) is 8.43. The fourth-order valence-electron chi connectivity index (χ4n) is 2.90. The zero-order chi connectivity index (χ0) is 19.3. The maximum atomic E-state index is 12.2. The van der Waals surface area contributed by atoms with Crippen LogP contribution in [0.1, 0.15) is 40.2 Å². The van der Waals surface area contributed by atoms with Crippen molar-refractivity contribution in [3.05, 3.63) is 23.8 Å². The summed E-state index contributed by atoms with van der Waals surface area (Å²) < 4.78 is 11.3. The molecule has 1 amide bonds. The summed E-state index contributed by atoms with van der Waals surface area (Å²) >= 11 is 0. The fraction of sp³-hybridized carbons (Fsp3) is 0.600. The molecule has 1 fully saturated rings. The Morgan fingerprint density at radius 2 is 1.77 bits per heavy atom. The summed E-state index contributed by atoms with van der Waals surface area (Å²) in [7, 11) is 0. The van der Waals surface area contributed by atoms with Crippen molar-refractivity contribution >= 4 is 17.6 Å². The first-order valence-electron chi connectivity index (χ1n) is 9.18. The Hall–Kier alpha value is -2.24. The van der Waals surface area contributed by atoms with Crippen molar-refractivity contribution in [1.29, 1.82) is 0 Å². The molecule has 6 heteroatoms. The quantitative estimate of drug-likeness (QED) is 0.804. The van der Waals surface area contributed by atoms with Gasteiger partial charge in [0.1, 0.15) is 18.0 Å². The Kier molecular flexibility index (Phi) is 6.51. The van der Waals surface area contributed by atoms with Gasteiger partial charge in [-0.2, -0.15) is 0 Å². The molecule has 0 aliphatic carbocycles. The van der Waals surface area contributed by atoms with E-state index in [1.165, 1.54) is 6.92 Å². The lowest BCUT2D eigenvalue weighted by Crippen LogP contribution is -2.50. The fourth-order valence-corrected chi connectivity index (χ4v) is 2.90. The number of carbonyl (C=O) groups is 2. The number of piperazine rings is 1. The van der Waals surface area contributed by atoms with Crippen molar-refractivity contribution in [2.24, 2.45) is 0 Å². The maximum absolute atomic E-state index is 12.2. The Morgan fingerprint density at radius 3 is 2.31 bits per heavy atom. The van der Waals surface area contributed by atoms with Gasteiger partial charge in [0.25, 0.3) is 0 Å². The van der Waals surface area contributed by atoms with E-state index in [0.717, 1.165) is 23.4 Å². The number of aryl methyl sites for hydroxylation is 1. The number of ether oxygens (including phenoxy) is 2. The van der Waals surface area contributed by atoms with Gasteiger partial charge in [-0.3, -0.25) is 4.79 Å². The van der Waals surface area contributed by atoms with Crippen molar-refractivity contribution in [1.82, 2.24) is 4.90 Å². The van der Waals surface area contributed by atoms with E-state index < -0.39 is 5.60 Å². The van der Waals surface area contributed by atoms with Gasteiger partial charge in [-0.1, -0.05) is 19.1 Å². The summed E-state index contributed by atoms with van der Waals surface area (Å²) in [6, 6.07) is 6.04. The van der Waals surface area contributed by atoms with E-state index in [-0.39, 0.29) is 18.5 Å². The first-order chi connectivity index (χ1) is 12.2. The molecule has 0 atom stereocenters. The molecule has 0 bridgehead atoms. The summed E-state index contributed by atoms with van der Waals surface area (Å²) in [5, 5.41) is 0. The zero-order valence-corrected chi connectivity index (χ0v) is 16.5. The van der Waals surface area contributed by atoms with Crippen LogP contribution in [0.3, 0.4) is 0 Å². The van der Waals surface area contributed by atoms with Gasteiger partial charge >= 0.3 is 6.09 Å². The van der Waals surface area contributed by atoms with Crippen LogP contribution in [0.4, 0.5) is 10.5 Å². The highest BCUT2D eigenvalue weighted by Gasteiger charge is 2.27. The highest BCUT2D eigenvalue weighted by atomic mass is 16.6. The molecule has 0 N–H and O–H groups in total. The molecule has 0 spiro atoms. The summed E-state index contributed by atoms with van der Waals surface area (Å²) in [4.78, 5) is 27.5. The largest absolute Gasteiger partial charge is 0.483 e. The number of ketones is 1. The molecule has 144 valence electrons. The lowest BCUT2D eigenvalue weighted by molar-refractivity contribution is -0.118. The Morgan fingerprint density at radius 1 is 1.12 bits per heavy atom.